The molecule has 3 aromatic heterocycles. The van der Waals surface area contributed by atoms with Crippen molar-refractivity contribution in [3.05, 3.63) is 91.0 Å². The van der Waals surface area contributed by atoms with Gasteiger partial charge in [0.1, 0.15) is 16.7 Å². The maximum Gasteiger partial charge on any atom is 0.213 e. The lowest BCUT2D eigenvalue weighted by atomic mass is 10.1. The molecule has 0 saturated heterocycles. The quantitative estimate of drug-likeness (QED) is 0.300. The molecule has 3 heterocycles. The molecule has 7 rings (SSSR count). The van der Waals surface area contributed by atoms with Crippen molar-refractivity contribution in [3.63, 3.8) is 0 Å². The number of rotatable bonds is 1. The van der Waals surface area contributed by atoms with Crippen LogP contribution >= 0.6 is 0 Å². The Kier molecular flexibility index (Phi) is 2.74. The first-order valence-corrected chi connectivity index (χ1v) is 9.71. The van der Waals surface area contributed by atoms with E-state index in [0.717, 1.165) is 55.2 Å². The van der Waals surface area contributed by atoms with Crippen LogP contribution in [0.3, 0.4) is 0 Å². The highest BCUT2D eigenvalue weighted by Crippen LogP contribution is 2.39. The van der Waals surface area contributed by atoms with Gasteiger partial charge in [-0.2, -0.15) is 0 Å². The first kappa shape index (κ1) is 15.0. The zero-order valence-electron chi connectivity index (χ0n) is 15.4. The molecular weight excluding hydrogens is 358 g/mol. The summed E-state index contributed by atoms with van der Waals surface area (Å²) >= 11 is 0. The van der Waals surface area contributed by atoms with E-state index >= 15 is 0 Å². The van der Waals surface area contributed by atoms with Crippen LogP contribution in [0.5, 0.6) is 0 Å². The summed E-state index contributed by atoms with van der Waals surface area (Å²) in [6.07, 6.45) is 0. The zero-order chi connectivity index (χ0) is 18.9. The molecule has 29 heavy (non-hydrogen) atoms. The van der Waals surface area contributed by atoms with E-state index < -0.39 is 0 Å². The molecule has 0 atom stereocenters. The molecule has 0 saturated carbocycles. The number of furan rings is 2. The Hall–Kier alpha value is -3.98. The molecule has 3 heteroatoms. The Balaban J connectivity index is 1.65. The van der Waals surface area contributed by atoms with Gasteiger partial charge in [-0.25, -0.2) is 0 Å². The fourth-order valence-electron chi connectivity index (χ4n) is 4.55. The average Bonchev–Trinajstić information content (AvgIpc) is 3.41. The molecule has 0 radical (unpaired) electrons. The van der Waals surface area contributed by atoms with Crippen LogP contribution in [0.4, 0.5) is 0 Å². The first-order valence-electron chi connectivity index (χ1n) is 9.71. The fourth-order valence-corrected chi connectivity index (χ4v) is 4.55. The van der Waals surface area contributed by atoms with Gasteiger partial charge in [0.2, 0.25) is 5.71 Å². The molecule has 3 nitrogen and oxygen atoms in total. The third kappa shape index (κ3) is 1.91. The van der Waals surface area contributed by atoms with Crippen molar-refractivity contribution in [2.75, 3.05) is 0 Å². The smallest absolute Gasteiger partial charge is 0.213 e. The van der Waals surface area contributed by atoms with Crippen LogP contribution in [-0.2, 0) is 0 Å². The lowest BCUT2D eigenvalue weighted by Crippen LogP contribution is -1.92. The molecule has 0 amide bonds. The second-order valence-electron chi connectivity index (χ2n) is 7.41. The van der Waals surface area contributed by atoms with Crippen LogP contribution in [0.2, 0.25) is 0 Å². The molecule has 4 aromatic carbocycles. The van der Waals surface area contributed by atoms with Crippen molar-refractivity contribution in [1.29, 1.82) is 0 Å². The maximum atomic E-state index is 6.34. The van der Waals surface area contributed by atoms with Crippen molar-refractivity contribution >= 4 is 54.9 Å². The third-order valence-corrected chi connectivity index (χ3v) is 5.81. The summed E-state index contributed by atoms with van der Waals surface area (Å²) in [6.45, 7) is 0. The van der Waals surface area contributed by atoms with Crippen molar-refractivity contribution in [1.82, 2.24) is 4.57 Å². The van der Waals surface area contributed by atoms with Crippen molar-refractivity contribution < 1.29 is 8.83 Å². The van der Waals surface area contributed by atoms with E-state index in [9.17, 15) is 0 Å². The standard InChI is InChI=1S/C26H15NO2/c1-4-10-21-18(8-1)25-19-9-3-6-12-23(19)29-26(25)27(21)16-13-14-24-20(15-16)17-7-2-5-11-22(17)28-24/h1-15H. The minimum Gasteiger partial charge on any atom is -0.456 e. The van der Waals surface area contributed by atoms with Crippen LogP contribution < -0.4 is 0 Å². The van der Waals surface area contributed by atoms with E-state index in [1.807, 2.05) is 36.4 Å². The lowest BCUT2D eigenvalue weighted by molar-refractivity contribution is 0.645. The van der Waals surface area contributed by atoms with Gasteiger partial charge in [-0.05, 0) is 36.4 Å². The Labute approximate surface area is 165 Å². The van der Waals surface area contributed by atoms with E-state index in [2.05, 4.69) is 59.2 Å². The topological polar surface area (TPSA) is 31.2 Å². The number of para-hydroxylation sites is 3. The summed E-state index contributed by atoms with van der Waals surface area (Å²) in [4.78, 5) is 0. The number of hydrogen-bond acceptors (Lipinski definition) is 2. The molecule has 0 aliphatic carbocycles. The van der Waals surface area contributed by atoms with Gasteiger partial charge in [-0.3, -0.25) is 4.57 Å². The SMILES string of the molecule is c1ccc2c(c1)oc1ccc(-n3c4ccccc4c4c5ccccc5oc43)cc12. The zero-order valence-corrected chi connectivity index (χ0v) is 15.4. The molecule has 0 N–H and O–H groups in total. The van der Waals surface area contributed by atoms with Gasteiger partial charge in [0.05, 0.1) is 10.9 Å². The summed E-state index contributed by atoms with van der Waals surface area (Å²) in [6, 6.07) is 31.2. The Bertz CT molecular complexity index is 1710. The number of aromatic nitrogens is 1. The van der Waals surface area contributed by atoms with Crippen molar-refractivity contribution in [2.45, 2.75) is 0 Å². The maximum absolute atomic E-state index is 6.34. The highest BCUT2D eigenvalue weighted by Gasteiger charge is 2.19. The van der Waals surface area contributed by atoms with Crippen LogP contribution in [0, 0.1) is 0 Å². The van der Waals surface area contributed by atoms with E-state index in [1.54, 1.807) is 0 Å². The number of hydrogen-bond donors (Lipinski definition) is 0. The van der Waals surface area contributed by atoms with E-state index in [-0.39, 0.29) is 0 Å². The van der Waals surface area contributed by atoms with Crippen molar-refractivity contribution in [3.8, 4) is 5.69 Å². The minimum absolute atomic E-state index is 0.875. The summed E-state index contributed by atoms with van der Waals surface area (Å²) in [5.41, 5.74) is 5.79. The Morgan fingerprint density at radius 3 is 2.03 bits per heavy atom. The second kappa shape index (κ2) is 5.30. The Morgan fingerprint density at radius 1 is 0.517 bits per heavy atom. The van der Waals surface area contributed by atoms with Crippen LogP contribution in [0.25, 0.3) is 60.6 Å². The van der Waals surface area contributed by atoms with Gasteiger partial charge in [0, 0.05) is 27.2 Å². The van der Waals surface area contributed by atoms with Gasteiger partial charge in [0.25, 0.3) is 0 Å². The predicted molar refractivity (Wildman–Crippen MR) is 118 cm³/mol. The largest absolute Gasteiger partial charge is 0.456 e. The molecule has 0 spiro atoms. The Morgan fingerprint density at radius 2 is 1.17 bits per heavy atom. The highest BCUT2D eigenvalue weighted by atomic mass is 16.3. The molecular formula is C26H15NO2. The fraction of sp³-hybridized carbons (Fsp3) is 0. The molecule has 0 fully saturated rings. The number of fused-ring (bicyclic) bond motifs is 8. The number of benzene rings is 4. The summed E-state index contributed by atoms with van der Waals surface area (Å²) in [5, 5.41) is 5.74. The molecule has 136 valence electrons. The van der Waals surface area contributed by atoms with Crippen LogP contribution in [0.15, 0.2) is 99.8 Å². The molecule has 0 unspecified atom stereocenters. The highest BCUT2D eigenvalue weighted by molar-refractivity contribution is 6.20. The molecule has 7 aromatic rings. The molecule has 0 bridgehead atoms. The summed E-state index contributed by atoms with van der Waals surface area (Å²) < 4.78 is 14.6. The molecule has 0 aliphatic rings. The van der Waals surface area contributed by atoms with Crippen molar-refractivity contribution in [2.24, 2.45) is 0 Å². The van der Waals surface area contributed by atoms with Gasteiger partial charge in [0.15, 0.2) is 0 Å². The normalized spacial score (nSPS) is 12.1. The van der Waals surface area contributed by atoms with E-state index in [1.165, 1.54) is 5.39 Å². The van der Waals surface area contributed by atoms with Gasteiger partial charge >= 0.3 is 0 Å². The third-order valence-electron chi connectivity index (χ3n) is 5.81. The van der Waals surface area contributed by atoms with Gasteiger partial charge in [-0.15, -0.1) is 0 Å². The summed E-state index contributed by atoms with van der Waals surface area (Å²) in [7, 11) is 0. The second-order valence-corrected chi connectivity index (χ2v) is 7.41. The summed E-state index contributed by atoms with van der Waals surface area (Å²) in [5.74, 6) is 0. The minimum atomic E-state index is 0.875. The van der Waals surface area contributed by atoms with E-state index in [4.69, 9.17) is 8.83 Å². The first-order chi connectivity index (χ1) is 14.4. The number of nitrogens with zero attached hydrogens (tertiary/aromatic N) is 1. The van der Waals surface area contributed by atoms with Gasteiger partial charge in [-0.1, -0.05) is 54.6 Å². The lowest BCUT2D eigenvalue weighted by Gasteiger charge is -2.06. The average molecular weight is 373 g/mol. The monoisotopic (exact) mass is 373 g/mol. The van der Waals surface area contributed by atoms with Gasteiger partial charge < -0.3 is 8.83 Å². The van der Waals surface area contributed by atoms with Crippen LogP contribution in [0.1, 0.15) is 0 Å². The molecule has 0 aliphatic heterocycles. The van der Waals surface area contributed by atoms with E-state index in [0.29, 0.717) is 0 Å². The van der Waals surface area contributed by atoms with Crippen LogP contribution in [-0.4, -0.2) is 4.57 Å². The predicted octanol–water partition coefficient (Wildman–Crippen LogP) is 7.43.